The summed E-state index contributed by atoms with van der Waals surface area (Å²) in [5.41, 5.74) is 2.34. The van der Waals surface area contributed by atoms with Crippen molar-refractivity contribution in [3.05, 3.63) is 35.0 Å². The Balaban J connectivity index is 2.23. The lowest BCUT2D eigenvalue weighted by atomic mass is 10.1. The molecule has 0 atom stereocenters. The Morgan fingerprint density at radius 1 is 1.53 bits per heavy atom. The summed E-state index contributed by atoms with van der Waals surface area (Å²) in [4.78, 5) is 17.6. The van der Waals surface area contributed by atoms with Crippen LogP contribution in [0, 0.1) is 6.92 Å². The molecule has 5 nitrogen and oxygen atoms in total. The molecular formula is C14H18N2O3. The molecule has 0 spiro atoms. The summed E-state index contributed by atoms with van der Waals surface area (Å²) in [7, 11) is 1.68. The number of ether oxygens (including phenoxy) is 1. The van der Waals surface area contributed by atoms with Crippen molar-refractivity contribution >= 4 is 11.8 Å². The van der Waals surface area contributed by atoms with Crippen LogP contribution in [0.5, 0.6) is 0 Å². The zero-order chi connectivity index (χ0) is 13.8. The van der Waals surface area contributed by atoms with E-state index in [2.05, 4.69) is 11.1 Å². The van der Waals surface area contributed by atoms with Gasteiger partial charge in [-0.15, -0.1) is 0 Å². The quantitative estimate of drug-likeness (QED) is 0.839. The van der Waals surface area contributed by atoms with Crippen LogP contribution in [0.2, 0.25) is 0 Å². The maximum absolute atomic E-state index is 11.2. The Morgan fingerprint density at radius 3 is 2.89 bits per heavy atom. The van der Waals surface area contributed by atoms with Gasteiger partial charge < -0.3 is 14.7 Å². The molecular weight excluding hydrogens is 244 g/mol. The summed E-state index contributed by atoms with van der Waals surface area (Å²) in [5, 5.41) is 9.22. The average molecular weight is 262 g/mol. The van der Waals surface area contributed by atoms with Gasteiger partial charge in [-0.2, -0.15) is 0 Å². The van der Waals surface area contributed by atoms with Gasteiger partial charge in [0.15, 0.2) is 0 Å². The topological polar surface area (TPSA) is 62.7 Å². The summed E-state index contributed by atoms with van der Waals surface area (Å²) in [6.45, 7) is 3.95. The number of aromatic carboxylic acids is 1. The first-order valence-electron chi connectivity index (χ1n) is 6.24. The molecule has 1 aliphatic rings. The van der Waals surface area contributed by atoms with E-state index >= 15 is 0 Å². The number of pyridine rings is 1. The van der Waals surface area contributed by atoms with Crippen LogP contribution < -0.4 is 4.90 Å². The molecule has 1 aliphatic heterocycles. The van der Waals surface area contributed by atoms with Gasteiger partial charge in [0.2, 0.25) is 0 Å². The summed E-state index contributed by atoms with van der Waals surface area (Å²) in [6.07, 6.45) is 2.96. The van der Waals surface area contributed by atoms with E-state index in [1.165, 1.54) is 5.57 Å². The molecule has 0 fully saturated rings. The number of rotatable bonds is 4. The maximum atomic E-state index is 11.2. The SMILES string of the molecule is COCC1=CCN(c2nc(C)ccc2C(=O)O)CC1. The lowest BCUT2D eigenvalue weighted by Crippen LogP contribution is -2.31. The van der Waals surface area contributed by atoms with Crippen molar-refractivity contribution in [2.75, 3.05) is 31.7 Å². The zero-order valence-corrected chi connectivity index (χ0v) is 11.2. The Labute approximate surface area is 112 Å². The second-order valence-corrected chi connectivity index (χ2v) is 4.62. The number of aryl methyl sites for hydroxylation is 1. The van der Waals surface area contributed by atoms with Crippen molar-refractivity contribution in [3.8, 4) is 0 Å². The molecule has 0 aliphatic carbocycles. The molecule has 2 heterocycles. The van der Waals surface area contributed by atoms with Crippen LogP contribution in [-0.2, 0) is 4.74 Å². The van der Waals surface area contributed by atoms with Crippen molar-refractivity contribution < 1.29 is 14.6 Å². The van der Waals surface area contributed by atoms with Crippen LogP contribution in [0.3, 0.4) is 0 Å². The van der Waals surface area contributed by atoms with E-state index in [4.69, 9.17) is 4.74 Å². The molecule has 1 aromatic rings. The largest absolute Gasteiger partial charge is 0.478 e. The van der Waals surface area contributed by atoms with Gasteiger partial charge in [-0.3, -0.25) is 0 Å². The average Bonchev–Trinajstić information content (AvgIpc) is 2.39. The predicted molar refractivity (Wildman–Crippen MR) is 72.7 cm³/mol. The Hall–Kier alpha value is -1.88. The number of carbonyl (C=O) groups is 1. The van der Waals surface area contributed by atoms with Gasteiger partial charge in [-0.25, -0.2) is 9.78 Å². The van der Waals surface area contributed by atoms with Crippen LogP contribution in [-0.4, -0.2) is 42.9 Å². The Bertz CT molecular complexity index is 511. The minimum absolute atomic E-state index is 0.259. The molecule has 0 unspecified atom stereocenters. The lowest BCUT2D eigenvalue weighted by molar-refractivity contribution is 0.0697. The summed E-state index contributed by atoms with van der Waals surface area (Å²) >= 11 is 0. The number of carboxylic acid groups (broad SMARTS) is 1. The van der Waals surface area contributed by atoms with Crippen LogP contribution in [0.1, 0.15) is 22.5 Å². The van der Waals surface area contributed by atoms with Gasteiger partial charge in [-0.1, -0.05) is 6.08 Å². The van der Waals surface area contributed by atoms with Crippen LogP contribution in [0.15, 0.2) is 23.8 Å². The van der Waals surface area contributed by atoms with E-state index in [1.807, 2.05) is 11.8 Å². The number of carboxylic acids is 1. The highest BCUT2D eigenvalue weighted by Crippen LogP contribution is 2.22. The molecule has 102 valence electrons. The van der Waals surface area contributed by atoms with E-state index < -0.39 is 5.97 Å². The van der Waals surface area contributed by atoms with Crippen molar-refractivity contribution in [3.63, 3.8) is 0 Å². The maximum Gasteiger partial charge on any atom is 0.339 e. The highest BCUT2D eigenvalue weighted by atomic mass is 16.5. The number of hydrogen-bond acceptors (Lipinski definition) is 4. The van der Waals surface area contributed by atoms with Crippen LogP contribution in [0.4, 0.5) is 5.82 Å². The Morgan fingerprint density at radius 2 is 2.32 bits per heavy atom. The molecule has 0 aromatic carbocycles. The highest BCUT2D eigenvalue weighted by molar-refractivity contribution is 5.93. The predicted octanol–water partition coefficient (Wildman–Crippen LogP) is 1.87. The fourth-order valence-corrected chi connectivity index (χ4v) is 2.17. The van der Waals surface area contributed by atoms with E-state index in [0.29, 0.717) is 19.0 Å². The summed E-state index contributed by atoms with van der Waals surface area (Å²) < 4.78 is 5.11. The van der Waals surface area contributed by atoms with Crippen molar-refractivity contribution in [1.29, 1.82) is 0 Å². The molecule has 19 heavy (non-hydrogen) atoms. The second-order valence-electron chi connectivity index (χ2n) is 4.62. The fourth-order valence-electron chi connectivity index (χ4n) is 2.17. The van der Waals surface area contributed by atoms with Crippen molar-refractivity contribution in [2.45, 2.75) is 13.3 Å². The smallest absolute Gasteiger partial charge is 0.339 e. The number of aromatic nitrogens is 1. The molecule has 1 aromatic heterocycles. The number of hydrogen-bond donors (Lipinski definition) is 1. The van der Waals surface area contributed by atoms with Gasteiger partial charge in [0.05, 0.1) is 6.61 Å². The third kappa shape index (κ3) is 3.12. The molecule has 0 saturated heterocycles. The second kappa shape index (κ2) is 5.84. The first-order chi connectivity index (χ1) is 9.11. The van der Waals surface area contributed by atoms with E-state index in [0.717, 1.165) is 18.7 Å². The van der Waals surface area contributed by atoms with Gasteiger partial charge in [0.25, 0.3) is 0 Å². The van der Waals surface area contributed by atoms with Gasteiger partial charge in [0, 0.05) is 25.9 Å². The number of nitrogens with zero attached hydrogens (tertiary/aromatic N) is 2. The van der Waals surface area contributed by atoms with Gasteiger partial charge in [-0.05, 0) is 31.1 Å². The number of methoxy groups -OCH3 is 1. The Kier molecular flexibility index (Phi) is 4.16. The molecule has 0 amide bonds. The first kappa shape index (κ1) is 13.5. The highest BCUT2D eigenvalue weighted by Gasteiger charge is 2.19. The lowest BCUT2D eigenvalue weighted by Gasteiger charge is -2.28. The normalized spacial score (nSPS) is 15.3. The minimum Gasteiger partial charge on any atom is -0.478 e. The first-order valence-corrected chi connectivity index (χ1v) is 6.24. The van der Waals surface area contributed by atoms with Gasteiger partial charge >= 0.3 is 5.97 Å². The zero-order valence-electron chi connectivity index (χ0n) is 11.2. The molecule has 1 N–H and O–H groups in total. The molecule has 5 heteroatoms. The van der Waals surface area contributed by atoms with E-state index in [-0.39, 0.29) is 5.56 Å². The molecule has 0 radical (unpaired) electrons. The molecule has 0 saturated carbocycles. The standard InChI is InChI=1S/C14H18N2O3/c1-10-3-4-12(14(17)18)13(15-10)16-7-5-11(6-8-16)9-19-2/h3-5H,6-9H2,1-2H3,(H,17,18). The van der Waals surface area contributed by atoms with E-state index in [1.54, 1.807) is 19.2 Å². The summed E-state index contributed by atoms with van der Waals surface area (Å²) in [5.74, 6) is -0.380. The number of anilines is 1. The van der Waals surface area contributed by atoms with Crippen LogP contribution >= 0.6 is 0 Å². The minimum atomic E-state index is -0.936. The van der Waals surface area contributed by atoms with Crippen molar-refractivity contribution in [2.24, 2.45) is 0 Å². The van der Waals surface area contributed by atoms with E-state index in [9.17, 15) is 9.90 Å². The fraction of sp³-hybridized carbons (Fsp3) is 0.429. The summed E-state index contributed by atoms with van der Waals surface area (Å²) in [6, 6.07) is 3.34. The third-order valence-electron chi connectivity index (χ3n) is 3.18. The monoisotopic (exact) mass is 262 g/mol. The molecule has 0 bridgehead atoms. The van der Waals surface area contributed by atoms with Crippen molar-refractivity contribution in [1.82, 2.24) is 4.98 Å². The van der Waals surface area contributed by atoms with Crippen LogP contribution in [0.25, 0.3) is 0 Å². The third-order valence-corrected chi connectivity index (χ3v) is 3.18. The van der Waals surface area contributed by atoms with Gasteiger partial charge in [0.1, 0.15) is 11.4 Å². The molecule has 2 rings (SSSR count).